The van der Waals surface area contributed by atoms with Gasteiger partial charge in [-0.1, -0.05) is 27.2 Å². The van der Waals surface area contributed by atoms with Crippen LogP contribution in [0.2, 0.25) is 0 Å². The van der Waals surface area contributed by atoms with Crippen molar-refractivity contribution in [1.29, 1.82) is 0 Å². The molecule has 2 atom stereocenters. The van der Waals surface area contributed by atoms with Crippen LogP contribution >= 0.6 is 0 Å². The molecule has 0 radical (unpaired) electrons. The van der Waals surface area contributed by atoms with Gasteiger partial charge >= 0.3 is 0 Å². The Morgan fingerprint density at radius 3 is 2.45 bits per heavy atom. The molecule has 20 heavy (non-hydrogen) atoms. The predicted molar refractivity (Wildman–Crippen MR) is 82.4 cm³/mol. The summed E-state index contributed by atoms with van der Waals surface area (Å²) in [4.78, 5) is 14.5. The summed E-state index contributed by atoms with van der Waals surface area (Å²) < 4.78 is 13.4. The summed E-state index contributed by atoms with van der Waals surface area (Å²) in [6, 6.07) is 5.04. The molecule has 0 aromatic heterocycles. The lowest BCUT2D eigenvalue weighted by Crippen LogP contribution is -2.41. The summed E-state index contributed by atoms with van der Waals surface area (Å²) in [5.41, 5.74) is 1.38. The van der Waals surface area contributed by atoms with E-state index < -0.39 is 0 Å². The molecular formula is C17H26FNO. The third-order valence-corrected chi connectivity index (χ3v) is 3.84. The summed E-state index contributed by atoms with van der Waals surface area (Å²) in [7, 11) is 0. The predicted octanol–water partition coefficient (Wildman–Crippen LogP) is 4.70. The van der Waals surface area contributed by atoms with Crippen molar-refractivity contribution in [3.05, 3.63) is 29.6 Å². The highest BCUT2D eigenvalue weighted by molar-refractivity contribution is 5.95. The van der Waals surface area contributed by atoms with E-state index in [9.17, 15) is 9.18 Å². The van der Waals surface area contributed by atoms with Gasteiger partial charge in [-0.15, -0.1) is 0 Å². The molecule has 0 saturated heterocycles. The molecule has 0 N–H and O–H groups in total. The molecule has 0 fully saturated rings. The van der Waals surface area contributed by atoms with Gasteiger partial charge in [0.25, 0.3) is 0 Å². The molecule has 1 aromatic rings. The van der Waals surface area contributed by atoms with E-state index in [1.54, 1.807) is 19.1 Å². The minimum Gasteiger partial charge on any atom is -0.309 e. The van der Waals surface area contributed by atoms with Gasteiger partial charge in [0.05, 0.1) is 0 Å². The number of amides is 1. The zero-order valence-corrected chi connectivity index (χ0v) is 13.2. The van der Waals surface area contributed by atoms with Crippen molar-refractivity contribution in [3.8, 4) is 0 Å². The van der Waals surface area contributed by atoms with Crippen LogP contribution in [0, 0.1) is 18.7 Å². The Bertz CT molecular complexity index is 458. The number of rotatable bonds is 6. The molecule has 1 rings (SSSR count). The molecule has 112 valence electrons. The van der Waals surface area contributed by atoms with Crippen molar-refractivity contribution >= 4 is 11.6 Å². The molecule has 0 saturated carbocycles. The molecule has 0 aliphatic carbocycles. The van der Waals surface area contributed by atoms with Gasteiger partial charge in [0, 0.05) is 17.6 Å². The Labute approximate surface area is 122 Å². The minimum absolute atomic E-state index is 0.0142. The highest BCUT2D eigenvalue weighted by Crippen LogP contribution is 2.25. The van der Waals surface area contributed by atoms with Crippen LogP contribution in [0.25, 0.3) is 0 Å². The highest BCUT2D eigenvalue weighted by atomic mass is 19.1. The largest absolute Gasteiger partial charge is 0.309 e. The third-order valence-electron chi connectivity index (χ3n) is 3.84. The normalized spacial score (nSPS) is 13.9. The maximum atomic E-state index is 13.4. The van der Waals surface area contributed by atoms with E-state index in [4.69, 9.17) is 0 Å². The SMILES string of the molecule is CCCC(C)N(C(=O)C(C)CC)c1ccc(F)c(C)c1. The van der Waals surface area contributed by atoms with Gasteiger partial charge in [-0.05, 0) is 50.5 Å². The van der Waals surface area contributed by atoms with E-state index in [2.05, 4.69) is 13.8 Å². The molecular weight excluding hydrogens is 253 g/mol. The van der Waals surface area contributed by atoms with Gasteiger partial charge in [-0.25, -0.2) is 4.39 Å². The maximum absolute atomic E-state index is 13.4. The second-order valence-electron chi connectivity index (χ2n) is 5.59. The first kappa shape index (κ1) is 16.7. The van der Waals surface area contributed by atoms with E-state index in [1.807, 2.05) is 18.7 Å². The van der Waals surface area contributed by atoms with E-state index in [1.165, 1.54) is 6.07 Å². The number of carbonyl (C=O) groups excluding carboxylic acids is 1. The smallest absolute Gasteiger partial charge is 0.230 e. The third kappa shape index (κ3) is 3.81. The lowest BCUT2D eigenvalue weighted by molar-refractivity contribution is -0.122. The Kier molecular flexibility index (Phi) is 6.18. The quantitative estimate of drug-likeness (QED) is 0.739. The molecule has 2 nitrogen and oxygen atoms in total. The topological polar surface area (TPSA) is 20.3 Å². The van der Waals surface area contributed by atoms with Crippen molar-refractivity contribution in [2.24, 2.45) is 5.92 Å². The summed E-state index contributed by atoms with van der Waals surface area (Å²) in [6.07, 6.45) is 2.78. The van der Waals surface area contributed by atoms with Crippen LogP contribution < -0.4 is 4.90 Å². The number of carbonyl (C=O) groups is 1. The number of halogens is 1. The van der Waals surface area contributed by atoms with Gasteiger partial charge in [0.1, 0.15) is 5.82 Å². The summed E-state index contributed by atoms with van der Waals surface area (Å²) >= 11 is 0. The van der Waals surface area contributed by atoms with Crippen LogP contribution in [0.1, 0.15) is 52.5 Å². The Morgan fingerprint density at radius 1 is 1.30 bits per heavy atom. The number of benzene rings is 1. The number of anilines is 1. The average Bonchev–Trinajstić information content (AvgIpc) is 2.42. The first-order valence-electron chi connectivity index (χ1n) is 7.51. The standard InChI is InChI=1S/C17H26FNO/c1-6-8-14(5)19(17(20)12(3)7-2)15-9-10-16(18)13(4)11-15/h9-12,14H,6-8H2,1-5H3. The Hall–Kier alpha value is -1.38. The lowest BCUT2D eigenvalue weighted by Gasteiger charge is -2.31. The van der Waals surface area contributed by atoms with Crippen molar-refractivity contribution in [3.63, 3.8) is 0 Å². The van der Waals surface area contributed by atoms with E-state index in [0.717, 1.165) is 24.9 Å². The van der Waals surface area contributed by atoms with Crippen LogP contribution in [0.4, 0.5) is 10.1 Å². The van der Waals surface area contributed by atoms with Gasteiger partial charge in [0.15, 0.2) is 0 Å². The van der Waals surface area contributed by atoms with Gasteiger partial charge in [0.2, 0.25) is 5.91 Å². The van der Waals surface area contributed by atoms with Crippen molar-refractivity contribution in [2.45, 2.75) is 59.9 Å². The second-order valence-corrected chi connectivity index (χ2v) is 5.59. The van der Waals surface area contributed by atoms with Crippen LogP contribution in [0.15, 0.2) is 18.2 Å². The number of hydrogen-bond donors (Lipinski definition) is 0. The average molecular weight is 279 g/mol. The van der Waals surface area contributed by atoms with Crippen LogP contribution in [-0.2, 0) is 4.79 Å². The molecule has 0 bridgehead atoms. The lowest BCUT2D eigenvalue weighted by atomic mass is 10.0. The zero-order chi connectivity index (χ0) is 15.3. The van der Waals surface area contributed by atoms with Gasteiger partial charge in [-0.2, -0.15) is 0 Å². The van der Waals surface area contributed by atoms with E-state index >= 15 is 0 Å². The fourth-order valence-electron chi connectivity index (χ4n) is 2.34. The zero-order valence-electron chi connectivity index (χ0n) is 13.2. The summed E-state index contributed by atoms with van der Waals surface area (Å²) in [6.45, 7) is 9.86. The molecule has 0 aliphatic heterocycles. The Balaban J connectivity index is 3.15. The fourth-order valence-corrected chi connectivity index (χ4v) is 2.34. The molecule has 0 heterocycles. The van der Waals surface area contributed by atoms with E-state index in [0.29, 0.717) is 5.56 Å². The van der Waals surface area contributed by atoms with Crippen molar-refractivity contribution in [2.75, 3.05) is 4.90 Å². The van der Waals surface area contributed by atoms with Crippen LogP contribution in [-0.4, -0.2) is 11.9 Å². The molecule has 0 spiro atoms. The molecule has 1 amide bonds. The van der Waals surface area contributed by atoms with Crippen LogP contribution in [0.5, 0.6) is 0 Å². The highest BCUT2D eigenvalue weighted by Gasteiger charge is 2.25. The minimum atomic E-state index is -0.229. The summed E-state index contributed by atoms with van der Waals surface area (Å²) in [5.74, 6) is -0.119. The number of nitrogens with zero attached hydrogens (tertiary/aromatic N) is 1. The molecule has 1 aromatic carbocycles. The molecule has 0 aliphatic rings. The molecule has 2 unspecified atom stereocenters. The monoisotopic (exact) mass is 279 g/mol. The van der Waals surface area contributed by atoms with Crippen molar-refractivity contribution < 1.29 is 9.18 Å². The number of aryl methyl sites for hydroxylation is 1. The van der Waals surface area contributed by atoms with E-state index in [-0.39, 0.29) is 23.7 Å². The fraction of sp³-hybridized carbons (Fsp3) is 0.588. The second kappa shape index (κ2) is 7.41. The van der Waals surface area contributed by atoms with Gasteiger partial charge in [-0.3, -0.25) is 4.79 Å². The Morgan fingerprint density at radius 2 is 1.95 bits per heavy atom. The number of hydrogen-bond acceptors (Lipinski definition) is 1. The summed E-state index contributed by atoms with van der Waals surface area (Å²) in [5, 5.41) is 0. The first-order chi connectivity index (χ1) is 9.42. The maximum Gasteiger partial charge on any atom is 0.230 e. The molecule has 3 heteroatoms. The van der Waals surface area contributed by atoms with Crippen molar-refractivity contribution in [1.82, 2.24) is 0 Å². The van der Waals surface area contributed by atoms with Gasteiger partial charge < -0.3 is 4.90 Å². The first-order valence-corrected chi connectivity index (χ1v) is 7.51. The van der Waals surface area contributed by atoms with Crippen LogP contribution in [0.3, 0.4) is 0 Å².